The molecule has 0 bridgehead atoms. The van der Waals surface area contributed by atoms with Gasteiger partial charge in [-0.05, 0) is 24.3 Å². The number of carbonyl (C=O) groups is 1. The number of rotatable bonds is 4. The Labute approximate surface area is 156 Å². The molecule has 2 saturated heterocycles. The number of hydrogen-bond acceptors (Lipinski definition) is 4. The molecule has 1 amide bonds. The molecule has 136 valence electrons. The number of quaternary nitrogens is 1. The van der Waals surface area contributed by atoms with Crippen LogP contribution < -0.4 is 10.8 Å². The van der Waals surface area contributed by atoms with Crippen molar-refractivity contribution in [2.75, 3.05) is 33.0 Å². The zero-order valence-corrected chi connectivity index (χ0v) is 15.0. The number of aromatic hydroxyl groups is 1. The van der Waals surface area contributed by atoms with Crippen molar-refractivity contribution in [3.05, 3.63) is 59.1 Å². The molecule has 2 fully saturated rings. The van der Waals surface area contributed by atoms with E-state index in [9.17, 15) is 9.90 Å². The average molecular weight is 375 g/mol. The minimum Gasteiger partial charge on any atom is -0.507 e. The van der Waals surface area contributed by atoms with Crippen molar-refractivity contribution in [2.45, 2.75) is 0 Å². The van der Waals surface area contributed by atoms with E-state index < -0.39 is 6.69 Å². The standard InChI is InChI=1S/C18H20BClN2O4/c20-15-7-5-14(6-8-15)19-22(9-11-25-19,10-12-26-19)13-21-18(24)16-3-1-2-4-17(16)23/h1-8,23H,9-13H2,(H,21,24). The number of nitrogens with zero attached hydrogens (tertiary/aromatic N) is 1. The van der Waals surface area contributed by atoms with Crippen molar-refractivity contribution in [1.29, 1.82) is 0 Å². The van der Waals surface area contributed by atoms with Crippen LogP contribution in [0.25, 0.3) is 0 Å². The molecule has 26 heavy (non-hydrogen) atoms. The maximum Gasteiger partial charge on any atom is 0.504 e. The van der Waals surface area contributed by atoms with Crippen molar-refractivity contribution < 1.29 is 23.6 Å². The lowest BCUT2D eigenvalue weighted by Crippen LogP contribution is -2.71. The second kappa shape index (κ2) is 6.59. The van der Waals surface area contributed by atoms with Gasteiger partial charge in [0, 0.05) is 5.02 Å². The Balaban J connectivity index is 1.59. The molecule has 2 aliphatic rings. The third-order valence-electron chi connectivity index (χ3n) is 5.48. The van der Waals surface area contributed by atoms with Crippen LogP contribution in [0.1, 0.15) is 10.4 Å². The van der Waals surface area contributed by atoms with E-state index in [0.29, 0.717) is 29.3 Å². The molecule has 2 heterocycles. The Morgan fingerprint density at radius 1 is 1.12 bits per heavy atom. The number of amides is 1. The summed E-state index contributed by atoms with van der Waals surface area (Å²) < 4.78 is 12.8. The van der Waals surface area contributed by atoms with Gasteiger partial charge < -0.3 is 24.1 Å². The Bertz CT molecular complexity index is 820. The van der Waals surface area contributed by atoms with Crippen molar-refractivity contribution in [1.82, 2.24) is 5.32 Å². The van der Waals surface area contributed by atoms with Crippen LogP contribution in [0.5, 0.6) is 5.75 Å². The van der Waals surface area contributed by atoms with E-state index in [1.807, 2.05) is 24.3 Å². The number of phenolic OH excluding ortho intramolecular Hbond substituents is 1. The van der Waals surface area contributed by atoms with Gasteiger partial charge in [0.2, 0.25) is 0 Å². The normalized spacial score (nSPS) is 27.3. The zero-order valence-electron chi connectivity index (χ0n) is 14.2. The number of para-hydroxylation sites is 1. The van der Waals surface area contributed by atoms with Gasteiger partial charge in [0.25, 0.3) is 5.91 Å². The molecule has 2 aliphatic heterocycles. The van der Waals surface area contributed by atoms with E-state index in [1.54, 1.807) is 18.2 Å². The van der Waals surface area contributed by atoms with Crippen LogP contribution in [0.3, 0.4) is 0 Å². The molecule has 0 aromatic heterocycles. The molecule has 0 aliphatic carbocycles. The summed E-state index contributed by atoms with van der Waals surface area (Å²) in [6.07, 6.45) is 0. The lowest BCUT2D eigenvalue weighted by Gasteiger charge is -2.47. The van der Waals surface area contributed by atoms with Crippen LogP contribution in [0.2, 0.25) is 5.02 Å². The Morgan fingerprint density at radius 2 is 1.77 bits per heavy atom. The van der Waals surface area contributed by atoms with E-state index in [1.165, 1.54) is 6.07 Å². The predicted octanol–water partition coefficient (Wildman–Crippen LogP) is 1.46. The highest BCUT2D eigenvalue weighted by Crippen LogP contribution is 2.33. The number of nitrogens with one attached hydrogen (secondary N) is 1. The molecule has 0 saturated carbocycles. The van der Waals surface area contributed by atoms with Crippen LogP contribution in [0.15, 0.2) is 48.5 Å². The summed E-state index contributed by atoms with van der Waals surface area (Å²) in [4.78, 5) is 12.5. The largest absolute Gasteiger partial charge is 0.507 e. The Kier molecular flexibility index (Phi) is 4.40. The number of carbonyl (C=O) groups excluding carboxylic acids is 1. The van der Waals surface area contributed by atoms with Gasteiger partial charge in [-0.3, -0.25) is 4.79 Å². The van der Waals surface area contributed by atoms with E-state index in [-0.39, 0.29) is 17.2 Å². The van der Waals surface area contributed by atoms with Gasteiger partial charge in [-0.2, -0.15) is 0 Å². The SMILES string of the molecule is O=C(NC[N+]12CCO[B-]1(c1ccc(Cl)cc1)OCC2)c1ccccc1O. The fraction of sp³-hybridized carbons (Fsp3) is 0.278. The smallest absolute Gasteiger partial charge is 0.504 e. The average Bonchev–Trinajstić information content (AvgIpc) is 3.17. The maximum absolute atomic E-state index is 12.5. The van der Waals surface area contributed by atoms with Crippen LogP contribution in [0.4, 0.5) is 0 Å². The van der Waals surface area contributed by atoms with Gasteiger partial charge in [0.15, 0.2) is 0 Å². The van der Waals surface area contributed by atoms with E-state index >= 15 is 0 Å². The van der Waals surface area contributed by atoms with Crippen molar-refractivity contribution in [3.63, 3.8) is 0 Å². The third-order valence-corrected chi connectivity index (χ3v) is 5.73. The molecule has 2 N–H and O–H groups in total. The number of benzene rings is 2. The predicted molar refractivity (Wildman–Crippen MR) is 99.2 cm³/mol. The summed E-state index contributed by atoms with van der Waals surface area (Å²) >= 11 is 6.02. The third kappa shape index (κ3) is 2.68. The quantitative estimate of drug-likeness (QED) is 0.795. The minimum absolute atomic E-state index is 0.0326. The molecular weight excluding hydrogens is 354 g/mol. The number of phenols is 1. The number of fused-ring (bicyclic) bond motifs is 1. The molecule has 2 aromatic rings. The van der Waals surface area contributed by atoms with Gasteiger partial charge in [-0.1, -0.05) is 41.3 Å². The van der Waals surface area contributed by atoms with E-state index in [2.05, 4.69) is 5.32 Å². The van der Waals surface area contributed by atoms with Crippen LogP contribution in [-0.4, -0.2) is 55.1 Å². The number of hydrogen-bond donors (Lipinski definition) is 2. The second-order valence-electron chi connectivity index (χ2n) is 6.81. The first-order valence-corrected chi connectivity index (χ1v) is 9.04. The van der Waals surface area contributed by atoms with E-state index in [4.69, 9.17) is 20.9 Å². The number of halogens is 1. The summed E-state index contributed by atoms with van der Waals surface area (Å²) in [5.41, 5.74) is 1.21. The highest BCUT2D eigenvalue weighted by Gasteiger charge is 2.59. The van der Waals surface area contributed by atoms with Crippen LogP contribution in [-0.2, 0) is 9.31 Å². The van der Waals surface area contributed by atoms with Gasteiger partial charge in [-0.15, -0.1) is 0 Å². The van der Waals surface area contributed by atoms with Gasteiger partial charge in [-0.25, -0.2) is 0 Å². The summed E-state index contributed by atoms with van der Waals surface area (Å²) in [5, 5.41) is 13.5. The zero-order chi connectivity index (χ0) is 18.2. The first-order chi connectivity index (χ1) is 12.6. The fourth-order valence-electron chi connectivity index (χ4n) is 4.09. The van der Waals surface area contributed by atoms with Gasteiger partial charge in [0.1, 0.15) is 12.4 Å². The lowest BCUT2D eigenvalue weighted by molar-refractivity contribution is -0.822. The summed E-state index contributed by atoms with van der Waals surface area (Å²) in [6.45, 7) is 1.27. The molecule has 0 unspecified atom stereocenters. The lowest BCUT2D eigenvalue weighted by atomic mass is 9.61. The van der Waals surface area contributed by atoms with E-state index in [0.717, 1.165) is 18.6 Å². The maximum atomic E-state index is 12.5. The molecule has 8 heteroatoms. The molecule has 0 radical (unpaired) electrons. The second-order valence-corrected chi connectivity index (χ2v) is 7.25. The minimum atomic E-state index is -1.74. The topological polar surface area (TPSA) is 67.8 Å². The van der Waals surface area contributed by atoms with Gasteiger partial charge >= 0.3 is 6.69 Å². The first kappa shape index (κ1) is 17.4. The summed E-state index contributed by atoms with van der Waals surface area (Å²) in [7, 11) is 0. The highest BCUT2D eigenvalue weighted by molar-refractivity contribution is 6.75. The van der Waals surface area contributed by atoms with Crippen molar-refractivity contribution in [3.8, 4) is 5.75 Å². The monoisotopic (exact) mass is 374 g/mol. The molecule has 6 nitrogen and oxygen atoms in total. The van der Waals surface area contributed by atoms with Gasteiger partial charge in [0.05, 0.1) is 31.9 Å². The van der Waals surface area contributed by atoms with Crippen LogP contribution >= 0.6 is 11.6 Å². The summed E-state index contributed by atoms with van der Waals surface area (Å²) in [5.74, 6) is -0.343. The Morgan fingerprint density at radius 3 is 2.42 bits per heavy atom. The van der Waals surface area contributed by atoms with Crippen LogP contribution in [0, 0.1) is 0 Å². The summed E-state index contributed by atoms with van der Waals surface area (Å²) in [6, 6.07) is 14.0. The van der Waals surface area contributed by atoms with Crippen molar-refractivity contribution >= 4 is 29.7 Å². The molecule has 2 aromatic carbocycles. The molecular formula is C18H20BClN2O4. The first-order valence-electron chi connectivity index (χ1n) is 8.66. The molecule has 0 atom stereocenters. The Hall–Kier alpha value is -2.06. The highest BCUT2D eigenvalue weighted by atomic mass is 35.5. The fourth-order valence-corrected chi connectivity index (χ4v) is 4.21. The van der Waals surface area contributed by atoms with Crippen molar-refractivity contribution in [2.24, 2.45) is 0 Å². The molecule has 4 rings (SSSR count). The molecule has 0 spiro atoms.